The van der Waals surface area contributed by atoms with Crippen molar-refractivity contribution in [1.29, 1.82) is 0 Å². The first-order valence-corrected chi connectivity index (χ1v) is 18.3. The summed E-state index contributed by atoms with van der Waals surface area (Å²) >= 11 is 0. The molecule has 0 amide bonds. The van der Waals surface area contributed by atoms with Crippen LogP contribution in [-0.2, 0) is 9.84 Å². The summed E-state index contributed by atoms with van der Waals surface area (Å²) in [6.07, 6.45) is 22.8. The Kier molecular flexibility index (Phi) is 18.5. The van der Waals surface area contributed by atoms with Crippen molar-refractivity contribution in [3.05, 3.63) is 48.0 Å². The van der Waals surface area contributed by atoms with Gasteiger partial charge in [-0.25, -0.2) is 13.2 Å². The Balaban J connectivity index is 1.52. The monoisotopic (exact) mass is 618 g/mol. The maximum Gasteiger partial charge on any atom is 0.339 e. The summed E-state index contributed by atoms with van der Waals surface area (Å²) in [7, 11) is -3.24. The Morgan fingerprint density at radius 2 is 1.05 bits per heavy atom. The zero-order valence-corrected chi connectivity index (χ0v) is 27.3. The van der Waals surface area contributed by atoms with Crippen LogP contribution in [0.2, 0.25) is 0 Å². The Morgan fingerprint density at radius 3 is 1.56 bits per heavy atom. The molecule has 0 aliphatic rings. The van der Waals surface area contributed by atoms with E-state index < -0.39 is 15.8 Å². The number of hydrogen-bond acceptors (Lipinski definition) is 6. The van der Waals surface area contributed by atoms with Crippen molar-refractivity contribution in [2.45, 2.75) is 121 Å². The van der Waals surface area contributed by atoms with Crippen molar-refractivity contribution >= 4 is 15.8 Å². The number of unbranched alkanes of at least 4 members (excludes halogenated alkanes) is 15. The molecule has 242 valence electrons. The first-order valence-electron chi connectivity index (χ1n) is 16.4. The molecule has 0 heterocycles. The van der Waals surface area contributed by atoms with Crippen LogP contribution in [0.15, 0.2) is 47.4 Å². The molecular formula is C35H54O7S. The zero-order chi connectivity index (χ0) is 31.2. The molecule has 0 atom stereocenters. The van der Waals surface area contributed by atoms with E-state index in [4.69, 9.17) is 14.2 Å². The highest BCUT2D eigenvalue weighted by atomic mass is 32.2. The van der Waals surface area contributed by atoms with Crippen molar-refractivity contribution in [3.63, 3.8) is 0 Å². The molecule has 0 saturated heterocycles. The number of aromatic carboxylic acids is 1. The third-order valence-corrected chi connectivity index (χ3v) is 8.64. The quantitative estimate of drug-likeness (QED) is 0.105. The zero-order valence-electron chi connectivity index (χ0n) is 26.5. The molecule has 2 aromatic carbocycles. The maximum absolute atomic E-state index is 11.8. The second-order valence-electron chi connectivity index (χ2n) is 11.4. The molecule has 0 aromatic heterocycles. The molecule has 0 aliphatic carbocycles. The van der Waals surface area contributed by atoms with E-state index in [9.17, 15) is 18.3 Å². The van der Waals surface area contributed by atoms with Crippen LogP contribution >= 0.6 is 0 Å². The molecule has 2 aromatic rings. The minimum absolute atomic E-state index is 0.0711. The van der Waals surface area contributed by atoms with Gasteiger partial charge in [-0.2, -0.15) is 0 Å². The summed E-state index contributed by atoms with van der Waals surface area (Å²) in [5, 5.41) is 9.64. The third-order valence-electron chi connectivity index (χ3n) is 7.51. The fourth-order valence-corrected chi connectivity index (χ4v) is 5.58. The molecule has 43 heavy (non-hydrogen) atoms. The number of carboxylic acids is 1. The molecule has 0 spiro atoms. The van der Waals surface area contributed by atoms with Gasteiger partial charge in [-0.15, -0.1) is 0 Å². The van der Waals surface area contributed by atoms with E-state index in [0.29, 0.717) is 36.9 Å². The third kappa shape index (κ3) is 16.6. The number of carbonyl (C=O) groups is 1. The lowest BCUT2D eigenvalue weighted by Crippen LogP contribution is -2.08. The van der Waals surface area contributed by atoms with Crippen LogP contribution in [0.3, 0.4) is 0 Å². The molecular weight excluding hydrogens is 564 g/mol. The van der Waals surface area contributed by atoms with Crippen LogP contribution in [0.5, 0.6) is 17.2 Å². The summed E-state index contributed by atoms with van der Waals surface area (Å²) in [5.41, 5.74) is 0.0711. The summed E-state index contributed by atoms with van der Waals surface area (Å²) in [6, 6.07) is 11.1. The van der Waals surface area contributed by atoms with Crippen LogP contribution in [0.25, 0.3) is 0 Å². The smallest absolute Gasteiger partial charge is 0.339 e. The predicted octanol–water partition coefficient (Wildman–Crippen LogP) is 9.28. The predicted molar refractivity (Wildman–Crippen MR) is 174 cm³/mol. The lowest BCUT2D eigenvalue weighted by molar-refractivity contribution is 0.0691. The summed E-state index contributed by atoms with van der Waals surface area (Å²) in [5.74, 6) is 0.320. The standard InChI is InChI=1S/C35H54O7S/c1-3-4-5-6-7-8-9-10-11-12-13-14-15-16-17-18-26-41-31-22-25-34(33(29-31)35(36)37)42-28-19-27-40-30-20-23-32(24-21-30)43(2,38)39/h20-25,29H,3-19,26-28H2,1-2H3,(H,36,37). The van der Waals surface area contributed by atoms with Crippen LogP contribution < -0.4 is 14.2 Å². The fraction of sp³-hybridized carbons (Fsp3) is 0.629. The van der Waals surface area contributed by atoms with Gasteiger partial charge in [0.1, 0.15) is 22.8 Å². The van der Waals surface area contributed by atoms with Crippen molar-refractivity contribution in [2.24, 2.45) is 0 Å². The fourth-order valence-electron chi connectivity index (χ4n) is 4.95. The largest absolute Gasteiger partial charge is 0.494 e. The van der Waals surface area contributed by atoms with Crippen molar-refractivity contribution < 1.29 is 32.5 Å². The van der Waals surface area contributed by atoms with E-state index in [0.717, 1.165) is 19.1 Å². The number of sulfone groups is 1. The van der Waals surface area contributed by atoms with Gasteiger partial charge in [0.2, 0.25) is 0 Å². The van der Waals surface area contributed by atoms with Gasteiger partial charge in [0, 0.05) is 12.7 Å². The molecule has 0 bridgehead atoms. The van der Waals surface area contributed by atoms with Crippen LogP contribution in [0.4, 0.5) is 0 Å². The molecule has 8 heteroatoms. The van der Waals surface area contributed by atoms with E-state index in [1.165, 1.54) is 108 Å². The molecule has 0 fully saturated rings. The Labute approximate surface area is 260 Å². The number of carboxylic acid groups (broad SMARTS) is 1. The van der Waals surface area contributed by atoms with E-state index >= 15 is 0 Å². The second-order valence-corrected chi connectivity index (χ2v) is 13.4. The topological polar surface area (TPSA) is 99.1 Å². The Bertz CT molecular complexity index is 1130. The summed E-state index contributed by atoms with van der Waals surface area (Å²) in [4.78, 5) is 12.0. The van der Waals surface area contributed by atoms with Crippen molar-refractivity contribution in [1.82, 2.24) is 0 Å². The first-order chi connectivity index (χ1) is 20.8. The average Bonchev–Trinajstić information content (AvgIpc) is 2.98. The Morgan fingerprint density at radius 1 is 0.605 bits per heavy atom. The summed E-state index contributed by atoms with van der Waals surface area (Å²) < 4.78 is 40.2. The first kappa shape index (κ1) is 36.5. The van der Waals surface area contributed by atoms with E-state index in [2.05, 4.69) is 6.92 Å². The van der Waals surface area contributed by atoms with E-state index in [-0.39, 0.29) is 17.1 Å². The van der Waals surface area contributed by atoms with E-state index in [1.54, 1.807) is 24.3 Å². The summed E-state index contributed by atoms with van der Waals surface area (Å²) in [6.45, 7) is 3.47. The average molecular weight is 619 g/mol. The van der Waals surface area contributed by atoms with Crippen molar-refractivity contribution in [3.8, 4) is 17.2 Å². The highest BCUT2D eigenvalue weighted by Gasteiger charge is 2.13. The lowest BCUT2D eigenvalue weighted by Gasteiger charge is -2.12. The van der Waals surface area contributed by atoms with Gasteiger partial charge in [0.05, 0.1) is 24.7 Å². The number of ether oxygens (including phenoxy) is 3. The highest BCUT2D eigenvalue weighted by Crippen LogP contribution is 2.25. The number of rotatable bonds is 26. The molecule has 0 unspecified atom stereocenters. The van der Waals surface area contributed by atoms with Gasteiger partial charge >= 0.3 is 5.97 Å². The van der Waals surface area contributed by atoms with Crippen LogP contribution in [0, 0.1) is 0 Å². The normalized spacial score (nSPS) is 11.4. The van der Waals surface area contributed by atoms with Gasteiger partial charge in [-0.05, 0) is 48.9 Å². The molecule has 2 rings (SSSR count). The lowest BCUT2D eigenvalue weighted by atomic mass is 10.0. The van der Waals surface area contributed by atoms with Crippen LogP contribution in [0.1, 0.15) is 126 Å². The highest BCUT2D eigenvalue weighted by molar-refractivity contribution is 7.90. The Hall–Kier alpha value is -2.74. The van der Waals surface area contributed by atoms with Gasteiger partial charge in [0.15, 0.2) is 9.84 Å². The van der Waals surface area contributed by atoms with E-state index in [1.807, 2.05) is 0 Å². The molecule has 1 N–H and O–H groups in total. The number of benzene rings is 2. The SMILES string of the molecule is CCCCCCCCCCCCCCCCCCOc1ccc(OCCCOc2ccc(S(C)(=O)=O)cc2)c(C(=O)O)c1. The second kappa shape index (κ2) is 21.9. The van der Waals surface area contributed by atoms with Crippen LogP contribution in [-0.4, -0.2) is 45.6 Å². The molecule has 0 radical (unpaired) electrons. The minimum atomic E-state index is -3.24. The molecule has 7 nitrogen and oxygen atoms in total. The maximum atomic E-state index is 11.8. The van der Waals surface area contributed by atoms with Crippen molar-refractivity contribution in [2.75, 3.05) is 26.1 Å². The van der Waals surface area contributed by atoms with Gasteiger partial charge < -0.3 is 19.3 Å². The van der Waals surface area contributed by atoms with Gasteiger partial charge in [-0.1, -0.05) is 103 Å². The van der Waals surface area contributed by atoms with Gasteiger partial charge in [-0.3, -0.25) is 0 Å². The van der Waals surface area contributed by atoms with Gasteiger partial charge in [0.25, 0.3) is 0 Å². The minimum Gasteiger partial charge on any atom is -0.494 e. The number of hydrogen-bond donors (Lipinski definition) is 1. The molecule has 0 saturated carbocycles. The molecule has 0 aliphatic heterocycles.